The van der Waals surface area contributed by atoms with E-state index < -0.39 is 17.8 Å². The van der Waals surface area contributed by atoms with Gasteiger partial charge >= 0.3 is 6.18 Å². The molecule has 9 heteroatoms. The third-order valence-corrected chi connectivity index (χ3v) is 4.83. The predicted octanol–water partition coefficient (Wildman–Crippen LogP) is 3.60. The van der Waals surface area contributed by atoms with Gasteiger partial charge in [-0.2, -0.15) is 13.2 Å². The average Bonchev–Trinajstić information content (AvgIpc) is 3.16. The molecule has 1 aliphatic rings. The van der Waals surface area contributed by atoms with Gasteiger partial charge in [-0.3, -0.25) is 4.79 Å². The number of hydrogen-bond donors (Lipinski definition) is 1. The Morgan fingerprint density at radius 3 is 2.64 bits per heavy atom. The Morgan fingerprint density at radius 2 is 1.93 bits per heavy atom. The quantitative estimate of drug-likeness (QED) is 0.726. The molecule has 144 valence electrons. The smallest absolute Gasteiger partial charge is 0.383 e. The standard InChI is InChI=1S/C19H16F3N5O/c20-19(21,22)12-9-13(26-17-15(12)16(23)24-10-25-17)14-7-4-8-27(14)18(28)11-5-2-1-3-6-11/h1-3,5-6,9-10,14H,4,7-8H2,(H2,23,24,25,26)/t14-/m0/s1. The molecule has 0 saturated carbocycles. The van der Waals surface area contributed by atoms with Gasteiger partial charge in [-0.1, -0.05) is 18.2 Å². The number of alkyl halides is 3. The molecule has 0 aliphatic carbocycles. The van der Waals surface area contributed by atoms with E-state index in [1.807, 2.05) is 0 Å². The fraction of sp³-hybridized carbons (Fsp3) is 0.263. The molecule has 1 aromatic carbocycles. The van der Waals surface area contributed by atoms with Crippen molar-refractivity contribution in [3.8, 4) is 0 Å². The number of fused-ring (bicyclic) bond motifs is 1. The number of nitrogens with zero attached hydrogens (tertiary/aromatic N) is 4. The van der Waals surface area contributed by atoms with E-state index in [1.165, 1.54) is 0 Å². The Morgan fingerprint density at radius 1 is 1.18 bits per heavy atom. The summed E-state index contributed by atoms with van der Waals surface area (Å²) in [6.07, 6.45) is -2.37. The number of likely N-dealkylation sites (tertiary alicyclic amines) is 1. The molecule has 0 unspecified atom stereocenters. The van der Waals surface area contributed by atoms with E-state index in [1.54, 1.807) is 35.2 Å². The minimum Gasteiger partial charge on any atom is -0.383 e. The van der Waals surface area contributed by atoms with Crippen LogP contribution < -0.4 is 5.73 Å². The van der Waals surface area contributed by atoms with Gasteiger partial charge in [0, 0.05) is 12.1 Å². The molecule has 6 nitrogen and oxygen atoms in total. The minimum absolute atomic E-state index is 0.128. The van der Waals surface area contributed by atoms with Crippen molar-refractivity contribution in [3.05, 3.63) is 59.5 Å². The van der Waals surface area contributed by atoms with Crippen LogP contribution in [0.15, 0.2) is 42.7 Å². The number of aromatic nitrogens is 3. The van der Waals surface area contributed by atoms with Gasteiger partial charge in [0.05, 0.1) is 22.7 Å². The van der Waals surface area contributed by atoms with Crippen molar-refractivity contribution >= 4 is 22.8 Å². The van der Waals surface area contributed by atoms with Crippen LogP contribution in [0, 0.1) is 0 Å². The number of nitrogens with two attached hydrogens (primary N) is 1. The highest BCUT2D eigenvalue weighted by atomic mass is 19.4. The van der Waals surface area contributed by atoms with E-state index in [-0.39, 0.29) is 28.5 Å². The second-order valence-electron chi connectivity index (χ2n) is 6.57. The summed E-state index contributed by atoms with van der Waals surface area (Å²) in [5.41, 5.74) is 5.22. The molecule has 0 bridgehead atoms. The molecule has 1 fully saturated rings. The van der Waals surface area contributed by atoms with Gasteiger partial charge in [-0.25, -0.2) is 15.0 Å². The van der Waals surface area contributed by atoms with Crippen LogP contribution in [0.3, 0.4) is 0 Å². The SMILES string of the molecule is Nc1ncnc2nc([C@@H]3CCCN3C(=O)c3ccccc3)cc(C(F)(F)F)c12. The van der Waals surface area contributed by atoms with Crippen molar-refractivity contribution in [2.45, 2.75) is 25.1 Å². The topological polar surface area (TPSA) is 85.0 Å². The number of amides is 1. The predicted molar refractivity (Wildman–Crippen MR) is 96.2 cm³/mol. The van der Waals surface area contributed by atoms with Crippen LogP contribution in [0.1, 0.15) is 40.5 Å². The number of nitrogen functional groups attached to an aromatic ring is 1. The van der Waals surface area contributed by atoms with E-state index in [2.05, 4.69) is 15.0 Å². The van der Waals surface area contributed by atoms with E-state index in [4.69, 9.17) is 5.73 Å². The van der Waals surface area contributed by atoms with Gasteiger partial charge in [0.25, 0.3) is 5.91 Å². The summed E-state index contributed by atoms with van der Waals surface area (Å²) in [6, 6.07) is 9.05. The molecule has 2 aromatic heterocycles. The lowest BCUT2D eigenvalue weighted by Gasteiger charge is -2.25. The van der Waals surface area contributed by atoms with Crippen LogP contribution in [-0.2, 0) is 6.18 Å². The third kappa shape index (κ3) is 3.12. The van der Waals surface area contributed by atoms with Crippen molar-refractivity contribution in [1.29, 1.82) is 0 Å². The molecule has 1 saturated heterocycles. The number of rotatable bonds is 2. The Bertz CT molecular complexity index is 1040. The molecule has 3 heterocycles. The molecule has 2 N–H and O–H groups in total. The maximum Gasteiger partial charge on any atom is 0.417 e. The largest absolute Gasteiger partial charge is 0.417 e. The second kappa shape index (κ2) is 6.74. The Balaban J connectivity index is 1.81. The molecular formula is C19H16F3N5O. The van der Waals surface area contributed by atoms with E-state index >= 15 is 0 Å². The van der Waals surface area contributed by atoms with Crippen molar-refractivity contribution in [3.63, 3.8) is 0 Å². The van der Waals surface area contributed by atoms with Gasteiger partial charge in [-0.15, -0.1) is 0 Å². The summed E-state index contributed by atoms with van der Waals surface area (Å²) in [7, 11) is 0. The lowest BCUT2D eigenvalue weighted by molar-refractivity contribution is -0.136. The van der Waals surface area contributed by atoms with Crippen molar-refractivity contribution < 1.29 is 18.0 Å². The van der Waals surface area contributed by atoms with E-state index in [9.17, 15) is 18.0 Å². The highest BCUT2D eigenvalue weighted by Crippen LogP contribution is 2.39. The Kier molecular flexibility index (Phi) is 4.37. The highest BCUT2D eigenvalue weighted by molar-refractivity contribution is 5.95. The molecule has 1 aliphatic heterocycles. The lowest BCUT2D eigenvalue weighted by Crippen LogP contribution is -2.31. The summed E-state index contributed by atoms with van der Waals surface area (Å²) in [4.78, 5) is 26.2. The fourth-order valence-electron chi connectivity index (χ4n) is 3.57. The van der Waals surface area contributed by atoms with Crippen molar-refractivity contribution in [2.24, 2.45) is 0 Å². The first-order valence-electron chi connectivity index (χ1n) is 8.70. The summed E-state index contributed by atoms with van der Waals surface area (Å²) in [5.74, 6) is -0.513. The number of anilines is 1. The normalized spacial score (nSPS) is 17.2. The highest BCUT2D eigenvalue weighted by Gasteiger charge is 2.38. The van der Waals surface area contributed by atoms with Crippen LogP contribution in [0.25, 0.3) is 11.0 Å². The molecule has 3 aromatic rings. The second-order valence-corrected chi connectivity index (χ2v) is 6.57. The molecule has 1 atom stereocenters. The first-order valence-corrected chi connectivity index (χ1v) is 8.70. The van der Waals surface area contributed by atoms with Crippen LogP contribution in [0.4, 0.5) is 19.0 Å². The number of benzene rings is 1. The van der Waals surface area contributed by atoms with E-state index in [0.29, 0.717) is 24.9 Å². The molecule has 0 spiro atoms. The Hall–Kier alpha value is -3.23. The number of carbonyl (C=O) groups is 1. The number of halogens is 3. The monoisotopic (exact) mass is 387 g/mol. The molecule has 28 heavy (non-hydrogen) atoms. The van der Waals surface area contributed by atoms with Gasteiger partial charge in [0.15, 0.2) is 5.65 Å². The maximum absolute atomic E-state index is 13.7. The first kappa shape index (κ1) is 18.1. The summed E-state index contributed by atoms with van der Waals surface area (Å²) in [6.45, 7) is 0.450. The van der Waals surface area contributed by atoms with Crippen LogP contribution in [0.5, 0.6) is 0 Å². The molecule has 1 amide bonds. The minimum atomic E-state index is -4.65. The molecule has 0 radical (unpaired) electrons. The van der Waals surface area contributed by atoms with Crippen LogP contribution in [-0.4, -0.2) is 32.3 Å². The van der Waals surface area contributed by atoms with Gasteiger partial charge in [0.1, 0.15) is 12.1 Å². The fourth-order valence-corrected chi connectivity index (χ4v) is 3.57. The molecule has 4 rings (SSSR count). The van der Waals surface area contributed by atoms with Crippen LogP contribution >= 0.6 is 0 Å². The third-order valence-electron chi connectivity index (χ3n) is 4.83. The van der Waals surface area contributed by atoms with Crippen molar-refractivity contribution in [2.75, 3.05) is 12.3 Å². The zero-order chi connectivity index (χ0) is 19.9. The summed E-state index contributed by atoms with van der Waals surface area (Å²) < 4.78 is 41.0. The van der Waals surface area contributed by atoms with Gasteiger partial charge in [0.2, 0.25) is 0 Å². The van der Waals surface area contributed by atoms with Crippen molar-refractivity contribution in [1.82, 2.24) is 19.9 Å². The van der Waals surface area contributed by atoms with Crippen LogP contribution in [0.2, 0.25) is 0 Å². The number of carbonyl (C=O) groups excluding carboxylic acids is 1. The first-order chi connectivity index (χ1) is 13.4. The average molecular weight is 387 g/mol. The van der Waals surface area contributed by atoms with E-state index in [0.717, 1.165) is 12.4 Å². The van der Waals surface area contributed by atoms with Gasteiger partial charge < -0.3 is 10.6 Å². The zero-order valence-corrected chi connectivity index (χ0v) is 14.6. The molecular weight excluding hydrogens is 371 g/mol. The number of pyridine rings is 1. The van der Waals surface area contributed by atoms with Gasteiger partial charge in [-0.05, 0) is 31.0 Å². The lowest BCUT2D eigenvalue weighted by atomic mass is 10.0. The summed E-state index contributed by atoms with van der Waals surface area (Å²) in [5, 5.41) is -0.322. The summed E-state index contributed by atoms with van der Waals surface area (Å²) >= 11 is 0. The Labute approximate surface area is 158 Å². The zero-order valence-electron chi connectivity index (χ0n) is 14.6. The number of hydrogen-bond acceptors (Lipinski definition) is 5. The maximum atomic E-state index is 13.7.